The number of nitrogens with zero attached hydrogens (tertiary/aromatic N) is 2. The number of oxazole rings is 1. The van der Waals surface area contributed by atoms with Gasteiger partial charge in [0, 0.05) is 24.5 Å². The minimum atomic E-state index is -0.554. The highest BCUT2D eigenvalue weighted by Crippen LogP contribution is 2.24. The first-order valence-corrected chi connectivity index (χ1v) is 7.61. The van der Waals surface area contributed by atoms with Crippen LogP contribution in [0.2, 0.25) is 0 Å². The summed E-state index contributed by atoms with van der Waals surface area (Å²) in [6.45, 7) is 7.96. The Kier molecular flexibility index (Phi) is 4.85. The number of likely N-dealkylation sites (tertiary alicyclic amines) is 1. The van der Waals surface area contributed by atoms with E-state index in [9.17, 15) is 9.59 Å². The van der Waals surface area contributed by atoms with Crippen LogP contribution in [0.5, 0.6) is 0 Å². The summed E-state index contributed by atoms with van der Waals surface area (Å²) in [5.74, 6) is 0.106. The average Bonchev–Trinajstić information content (AvgIpc) is 3.03. The summed E-state index contributed by atoms with van der Waals surface area (Å²) in [4.78, 5) is 30.6. The fourth-order valence-electron chi connectivity index (χ4n) is 2.68. The second kappa shape index (κ2) is 6.48. The number of rotatable bonds is 4. The lowest BCUT2D eigenvalue weighted by Crippen LogP contribution is -2.48. The number of hydrogen-bond donors (Lipinski definition) is 2. The molecule has 1 saturated heterocycles. The predicted molar refractivity (Wildman–Crippen MR) is 81.3 cm³/mol. The van der Waals surface area contributed by atoms with Gasteiger partial charge in [0.2, 0.25) is 5.91 Å². The summed E-state index contributed by atoms with van der Waals surface area (Å²) in [7, 11) is 0. The lowest BCUT2D eigenvalue weighted by atomic mass is 10.1. The van der Waals surface area contributed by atoms with Crippen LogP contribution in [-0.2, 0) is 4.79 Å². The molecule has 2 rings (SSSR count). The van der Waals surface area contributed by atoms with Crippen LogP contribution in [0.4, 0.5) is 0 Å². The molecule has 0 aromatic carbocycles. The first-order chi connectivity index (χ1) is 10.3. The van der Waals surface area contributed by atoms with E-state index in [-0.39, 0.29) is 35.5 Å². The molecule has 0 unspecified atom stereocenters. The van der Waals surface area contributed by atoms with Crippen LogP contribution in [0.15, 0.2) is 10.8 Å². The Balaban J connectivity index is 2.23. The van der Waals surface area contributed by atoms with Crippen molar-refractivity contribution in [3.63, 3.8) is 0 Å². The highest BCUT2D eigenvalue weighted by molar-refractivity contribution is 5.97. The molecule has 0 spiro atoms. The quantitative estimate of drug-likeness (QED) is 0.859. The van der Waals surface area contributed by atoms with E-state index in [1.165, 1.54) is 11.3 Å². The summed E-state index contributed by atoms with van der Waals surface area (Å²) >= 11 is 0. The van der Waals surface area contributed by atoms with E-state index in [1.807, 2.05) is 27.7 Å². The molecule has 22 heavy (non-hydrogen) atoms. The Hall–Kier alpha value is -1.89. The van der Waals surface area contributed by atoms with Gasteiger partial charge in [-0.25, -0.2) is 4.98 Å². The minimum Gasteiger partial charge on any atom is -0.447 e. The zero-order valence-electron chi connectivity index (χ0n) is 13.5. The zero-order chi connectivity index (χ0) is 16.4. The first kappa shape index (κ1) is 16.5. The van der Waals surface area contributed by atoms with Crippen molar-refractivity contribution in [3.8, 4) is 0 Å². The van der Waals surface area contributed by atoms with Gasteiger partial charge in [-0.15, -0.1) is 0 Å². The summed E-state index contributed by atoms with van der Waals surface area (Å²) < 4.78 is 5.30. The number of carbonyl (C=O) groups is 2. The van der Waals surface area contributed by atoms with E-state index in [2.05, 4.69) is 10.3 Å². The molecule has 1 aromatic heterocycles. The van der Waals surface area contributed by atoms with Crippen molar-refractivity contribution in [1.82, 2.24) is 15.2 Å². The number of hydrogen-bond acceptors (Lipinski definition) is 5. The Bertz CT molecular complexity index is 553. The maximum absolute atomic E-state index is 12.7. The lowest BCUT2D eigenvalue weighted by Gasteiger charge is -2.24. The van der Waals surface area contributed by atoms with Crippen LogP contribution in [-0.4, -0.2) is 46.4 Å². The third-order valence-electron chi connectivity index (χ3n) is 3.65. The van der Waals surface area contributed by atoms with Crippen molar-refractivity contribution in [3.05, 3.63) is 17.8 Å². The zero-order valence-corrected chi connectivity index (χ0v) is 13.5. The van der Waals surface area contributed by atoms with Gasteiger partial charge in [0.05, 0.1) is 0 Å². The van der Waals surface area contributed by atoms with Gasteiger partial charge in [0.15, 0.2) is 12.1 Å². The van der Waals surface area contributed by atoms with E-state index < -0.39 is 6.04 Å². The number of nitrogens with two attached hydrogens (primary N) is 1. The van der Waals surface area contributed by atoms with E-state index in [0.717, 1.165) is 0 Å². The topological polar surface area (TPSA) is 101 Å². The summed E-state index contributed by atoms with van der Waals surface area (Å²) in [6.07, 6.45) is 1.72. The summed E-state index contributed by atoms with van der Waals surface area (Å²) in [6, 6.07) is -0.748. The number of nitrogens with one attached hydrogen (secondary N) is 1. The largest absolute Gasteiger partial charge is 0.447 e. The molecule has 1 aromatic rings. The smallest absolute Gasteiger partial charge is 0.276 e. The lowest BCUT2D eigenvalue weighted by molar-refractivity contribution is -0.125. The molecular formula is C15H24N4O3. The Labute approximate surface area is 130 Å². The average molecular weight is 308 g/mol. The fourth-order valence-corrected chi connectivity index (χ4v) is 2.68. The van der Waals surface area contributed by atoms with E-state index in [1.54, 1.807) is 0 Å². The van der Waals surface area contributed by atoms with Gasteiger partial charge >= 0.3 is 0 Å². The monoisotopic (exact) mass is 308 g/mol. The third-order valence-corrected chi connectivity index (χ3v) is 3.65. The molecule has 3 N–H and O–H groups in total. The van der Waals surface area contributed by atoms with Gasteiger partial charge in [0.1, 0.15) is 11.8 Å². The highest BCUT2D eigenvalue weighted by Gasteiger charge is 2.40. The fraction of sp³-hybridized carbons (Fsp3) is 0.667. The maximum atomic E-state index is 12.7. The normalized spacial score (nSPS) is 21.7. The second-order valence-electron chi connectivity index (χ2n) is 6.35. The molecule has 0 bridgehead atoms. The van der Waals surface area contributed by atoms with Gasteiger partial charge in [-0.05, 0) is 20.3 Å². The maximum Gasteiger partial charge on any atom is 0.276 e. The molecule has 2 amide bonds. The molecule has 7 nitrogen and oxygen atoms in total. The van der Waals surface area contributed by atoms with Gasteiger partial charge < -0.3 is 20.4 Å². The number of aromatic nitrogens is 1. The molecule has 0 radical (unpaired) electrons. The summed E-state index contributed by atoms with van der Waals surface area (Å²) in [5, 5.41) is 2.84. The van der Waals surface area contributed by atoms with Crippen molar-refractivity contribution >= 4 is 11.8 Å². The Morgan fingerprint density at radius 3 is 2.68 bits per heavy atom. The van der Waals surface area contributed by atoms with E-state index >= 15 is 0 Å². The van der Waals surface area contributed by atoms with Crippen molar-refractivity contribution in [2.75, 3.05) is 6.54 Å². The third kappa shape index (κ3) is 3.30. The van der Waals surface area contributed by atoms with Gasteiger partial charge in [0.25, 0.3) is 5.91 Å². The first-order valence-electron chi connectivity index (χ1n) is 7.61. The Morgan fingerprint density at radius 1 is 1.41 bits per heavy atom. The SMILES string of the molecule is CC(C)NC(=O)[C@@H]1C[C@H](N)CN1C(=O)c1ncoc1C(C)C. The molecule has 7 heteroatoms. The molecule has 1 fully saturated rings. The highest BCUT2D eigenvalue weighted by atomic mass is 16.3. The molecule has 0 aliphatic carbocycles. The van der Waals surface area contributed by atoms with Crippen LogP contribution >= 0.6 is 0 Å². The molecule has 1 aliphatic rings. The van der Waals surface area contributed by atoms with E-state index in [0.29, 0.717) is 18.7 Å². The molecule has 2 heterocycles. The van der Waals surface area contributed by atoms with E-state index in [4.69, 9.17) is 10.2 Å². The standard InChI is InChI=1S/C15H24N4O3/c1-8(2)13-12(17-7-22-13)15(21)19-6-10(16)5-11(19)14(20)18-9(3)4/h7-11H,5-6,16H2,1-4H3,(H,18,20)/t10-,11-/m0/s1. The van der Waals surface area contributed by atoms with Gasteiger partial charge in [-0.2, -0.15) is 0 Å². The van der Waals surface area contributed by atoms with Crippen molar-refractivity contribution in [2.24, 2.45) is 5.73 Å². The predicted octanol–water partition coefficient (Wildman–Crippen LogP) is 0.864. The van der Waals surface area contributed by atoms with Crippen LogP contribution in [0, 0.1) is 0 Å². The van der Waals surface area contributed by atoms with Crippen molar-refractivity contribution in [1.29, 1.82) is 0 Å². The minimum absolute atomic E-state index is 0.0135. The number of amides is 2. The molecule has 0 saturated carbocycles. The second-order valence-corrected chi connectivity index (χ2v) is 6.35. The molecular weight excluding hydrogens is 284 g/mol. The van der Waals surface area contributed by atoms with Gasteiger partial charge in [-0.1, -0.05) is 13.8 Å². The Morgan fingerprint density at radius 2 is 2.09 bits per heavy atom. The number of carbonyl (C=O) groups excluding carboxylic acids is 2. The van der Waals surface area contributed by atoms with Crippen molar-refractivity contribution < 1.29 is 14.0 Å². The van der Waals surface area contributed by atoms with Crippen LogP contribution in [0.1, 0.15) is 56.3 Å². The van der Waals surface area contributed by atoms with Gasteiger partial charge in [-0.3, -0.25) is 9.59 Å². The molecule has 122 valence electrons. The molecule has 1 aliphatic heterocycles. The van der Waals surface area contributed by atoms with Crippen LogP contribution < -0.4 is 11.1 Å². The molecule has 2 atom stereocenters. The van der Waals surface area contributed by atoms with Crippen molar-refractivity contribution in [2.45, 2.75) is 58.2 Å². The van der Waals surface area contributed by atoms with Crippen LogP contribution in [0.25, 0.3) is 0 Å². The van der Waals surface area contributed by atoms with Crippen LogP contribution in [0.3, 0.4) is 0 Å². The summed E-state index contributed by atoms with van der Waals surface area (Å²) in [5.41, 5.74) is 6.23.